The summed E-state index contributed by atoms with van der Waals surface area (Å²) in [4.78, 5) is 1.37. The van der Waals surface area contributed by atoms with Gasteiger partial charge in [-0.15, -0.1) is 11.3 Å². The van der Waals surface area contributed by atoms with Crippen LogP contribution in [0.15, 0.2) is 17.5 Å². The zero-order valence-electron chi connectivity index (χ0n) is 6.66. The molecule has 0 amide bonds. The molecule has 1 aromatic heterocycles. The largest absolute Gasteiger partial charge is 0.198 e. The van der Waals surface area contributed by atoms with Crippen molar-refractivity contribution in [3.05, 3.63) is 22.4 Å². The van der Waals surface area contributed by atoms with Gasteiger partial charge in [-0.2, -0.15) is 5.26 Å². The van der Waals surface area contributed by atoms with Gasteiger partial charge in [0.15, 0.2) is 0 Å². The molecule has 0 spiro atoms. The minimum Gasteiger partial charge on any atom is -0.198 e. The Hall–Kier alpha value is -0.330. The number of thiophene rings is 1. The molecule has 1 nitrogen and oxygen atoms in total. The summed E-state index contributed by atoms with van der Waals surface area (Å²) in [6, 6.07) is 6.44. The number of nitriles is 1. The first-order valence-corrected chi connectivity index (χ1v) is 5.85. The summed E-state index contributed by atoms with van der Waals surface area (Å²) in [5.41, 5.74) is 0. The molecule has 0 saturated carbocycles. The van der Waals surface area contributed by atoms with E-state index in [2.05, 4.69) is 39.5 Å². The first-order valence-electron chi connectivity index (χ1n) is 3.84. The fourth-order valence-electron chi connectivity index (χ4n) is 0.948. The Morgan fingerprint density at radius 3 is 3.00 bits per heavy atom. The number of aryl methyl sites for hydroxylation is 1. The van der Waals surface area contributed by atoms with Crippen LogP contribution in [0.3, 0.4) is 0 Å². The molecule has 0 bridgehead atoms. The van der Waals surface area contributed by atoms with Gasteiger partial charge in [0.25, 0.3) is 0 Å². The van der Waals surface area contributed by atoms with E-state index in [0.29, 0.717) is 0 Å². The monoisotopic (exact) mass is 243 g/mol. The first-order chi connectivity index (χ1) is 5.86. The van der Waals surface area contributed by atoms with Crippen LogP contribution in [0.4, 0.5) is 0 Å². The second-order valence-electron chi connectivity index (χ2n) is 2.60. The molecule has 0 aliphatic carbocycles. The highest BCUT2D eigenvalue weighted by atomic mass is 79.9. The molecule has 1 aromatic rings. The summed E-state index contributed by atoms with van der Waals surface area (Å²) < 4.78 is 0. The Morgan fingerprint density at radius 2 is 2.50 bits per heavy atom. The zero-order chi connectivity index (χ0) is 8.81. The second-order valence-corrected chi connectivity index (χ2v) is 4.28. The molecular weight excluding hydrogens is 234 g/mol. The quantitative estimate of drug-likeness (QED) is 0.746. The molecule has 1 atom stereocenters. The third-order valence-corrected chi connectivity index (χ3v) is 3.41. The van der Waals surface area contributed by atoms with Crippen molar-refractivity contribution in [2.75, 3.05) is 5.33 Å². The average molecular weight is 244 g/mol. The lowest BCUT2D eigenvalue weighted by Crippen LogP contribution is -1.99. The van der Waals surface area contributed by atoms with E-state index in [1.165, 1.54) is 4.88 Å². The summed E-state index contributed by atoms with van der Waals surface area (Å²) in [6.45, 7) is 0. The molecule has 0 aliphatic rings. The molecule has 1 rings (SSSR count). The molecular formula is C9H10BrNS. The van der Waals surface area contributed by atoms with Crippen LogP contribution < -0.4 is 0 Å². The normalized spacial score (nSPS) is 12.3. The smallest absolute Gasteiger partial charge is 0.0664 e. The number of rotatable bonds is 4. The van der Waals surface area contributed by atoms with E-state index < -0.39 is 0 Å². The van der Waals surface area contributed by atoms with Crippen molar-refractivity contribution in [2.45, 2.75) is 12.8 Å². The molecule has 0 N–H and O–H groups in total. The van der Waals surface area contributed by atoms with Crippen molar-refractivity contribution < 1.29 is 0 Å². The second kappa shape index (κ2) is 5.34. The van der Waals surface area contributed by atoms with Gasteiger partial charge in [-0.3, -0.25) is 0 Å². The van der Waals surface area contributed by atoms with E-state index in [1.54, 1.807) is 11.3 Å². The summed E-state index contributed by atoms with van der Waals surface area (Å²) in [5.74, 6) is 0.159. The van der Waals surface area contributed by atoms with Crippen LogP contribution in [0.1, 0.15) is 11.3 Å². The highest BCUT2D eigenvalue weighted by molar-refractivity contribution is 9.09. The van der Waals surface area contributed by atoms with E-state index in [9.17, 15) is 0 Å². The number of hydrogen-bond acceptors (Lipinski definition) is 2. The van der Waals surface area contributed by atoms with Crippen LogP contribution in [-0.4, -0.2) is 5.33 Å². The van der Waals surface area contributed by atoms with Gasteiger partial charge in [-0.05, 0) is 24.3 Å². The van der Waals surface area contributed by atoms with Crippen LogP contribution in [0.2, 0.25) is 0 Å². The fourth-order valence-corrected chi connectivity index (χ4v) is 2.14. The third-order valence-electron chi connectivity index (χ3n) is 1.69. The number of nitrogens with zero attached hydrogens (tertiary/aromatic N) is 1. The standard InChI is InChI=1S/C9H10BrNS/c10-6-8(7-11)3-4-9-2-1-5-12-9/h1-2,5,8H,3-4,6H2. The summed E-state index contributed by atoms with van der Waals surface area (Å²) in [6.07, 6.45) is 1.99. The van der Waals surface area contributed by atoms with Crippen molar-refractivity contribution in [1.29, 1.82) is 5.26 Å². The summed E-state index contributed by atoms with van der Waals surface area (Å²) >= 11 is 5.08. The van der Waals surface area contributed by atoms with Crippen LogP contribution in [0, 0.1) is 17.2 Å². The van der Waals surface area contributed by atoms with Crippen molar-refractivity contribution in [1.82, 2.24) is 0 Å². The molecule has 1 unspecified atom stereocenters. The Labute approximate surface area is 85.2 Å². The van der Waals surface area contributed by atoms with Crippen molar-refractivity contribution in [3.63, 3.8) is 0 Å². The molecule has 0 aromatic carbocycles. The minimum atomic E-state index is 0.159. The van der Waals surface area contributed by atoms with E-state index in [4.69, 9.17) is 5.26 Å². The molecule has 0 fully saturated rings. The lowest BCUT2D eigenvalue weighted by molar-refractivity contribution is 0.678. The molecule has 3 heteroatoms. The molecule has 12 heavy (non-hydrogen) atoms. The maximum Gasteiger partial charge on any atom is 0.0664 e. The molecule has 0 radical (unpaired) electrons. The Bertz CT molecular complexity index is 250. The summed E-state index contributed by atoms with van der Waals surface area (Å²) in [5, 5.41) is 11.5. The molecule has 0 aliphatic heterocycles. The SMILES string of the molecule is N#CC(CBr)CCc1cccs1. The van der Waals surface area contributed by atoms with Gasteiger partial charge in [0.05, 0.1) is 12.0 Å². The average Bonchev–Trinajstić information content (AvgIpc) is 2.59. The molecule has 1 heterocycles. The van der Waals surface area contributed by atoms with Gasteiger partial charge in [0.2, 0.25) is 0 Å². The van der Waals surface area contributed by atoms with Crippen LogP contribution in [-0.2, 0) is 6.42 Å². The number of hydrogen-bond donors (Lipinski definition) is 0. The predicted molar refractivity (Wildman–Crippen MR) is 55.5 cm³/mol. The minimum absolute atomic E-state index is 0.159. The van der Waals surface area contributed by atoms with Crippen LogP contribution in [0.5, 0.6) is 0 Å². The van der Waals surface area contributed by atoms with Gasteiger partial charge in [-0.1, -0.05) is 22.0 Å². The van der Waals surface area contributed by atoms with E-state index in [-0.39, 0.29) is 5.92 Å². The Morgan fingerprint density at radius 1 is 1.67 bits per heavy atom. The molecule has 64 valence electrons. The number of halogens is 1. The predicted octanol–water partition coefficient (Wildman–Crippen LogP) is 3.22. The lowest BCUT2D eigenvalue weighted by atomic mass is 10.1. The van der Waals surface area contributed by atoms with Gasteiger partial charge < -0.3 is 0 Å². The Kier molecular flexibility index (Phi) is 4.34. The van der Waals surface area contributed by atoms with Crippen LogP contribution in [0.25, 0.3) is 0 Å². The van der Waals surface area contributed by atoms with Crippen LogP contribution >= 0.6 is 27.3 Å². The van der Waals surface area contributed by atoms with E-state index in [0.717, 1.165) is 18.2 Å². The summed E-state index contributed by atoms with van der Waals surface area (Å²) in [7, 11) is 0. The zero-order valence-corrected chi connectivity index (χ0v) is 9.07. The van der Waals surface area contributed by atoms with Gasteiger partial charge in [0, 0.05) is 10.2 Å². The third kappa shape index (κ3) is 2.96. The van der Waals surface area contributed by atoms with Crippen molar-refractivity contribution in [3.8, 4) is 6.07 Å². The Balaban J connectivity index is 2.31. The van der Waals surface area contributed by atoms with Gasteiger partial charge in [0.1, 0.15) is 0 Å². The number of alkyl halides is 1. The van der Waals surface area contributed by atoms with Crippen molar-refractivity contribution in [2.24, 2.45) is 5.92 Å². The topological polar surface area (TPSA) is 23.8 Å². The van der Waals surface area contributed by atoms with E-state index >= 15 is 0 Å². The fraction of sp³-hybridized carbons (Fsp3) is 0.444. The highest BCUT2D eigenvalue weighted by Gasteiger charge is 2.05. The van der Waals surface area contributed by atoms with Gasteiger partial charge >= 0.3 is 0 Å². The first kappa shape index (κ1) is 9.76. The van der Waals surface area contributed by atoms with Gasteiger partial charge in [-0.25, -0.2) is 0 Å². The van der Waals surface area contributed by atoms with E-state index in [1.807, 2.05) is 0 Å². The molecule has 0 saturated heterocycles. The maximum absolute atomic E-state index is 8.68. The maximum atomic E-state index is 8.68. The highest BCUT2D eigenvalue weighted by Crippen LogP contribution is 2.15. The lowest BCUT2D eigenvalue weighted by Gasteiger charge is -2.01. The van der Waals surface area contributed by atoms with Crippen molar-refractivity contribution >= 4 is 27.3 Å².